The van der Waals surface area contributed by atoms with Crippen molar-refractivity contribution in [2.24, 2.45) is 27.9 Å². The number of carbonyl (C=O) groups is 6. The van der Waals surface area contributed by atoms with Crippen molar-refractivity contribution >= 4 is 52.4 Å². The highest BCUT2D eigenvalue weighted by atomic mass is 16.4. The van der Waals surface area contributed by atoms with Crippen LogP contribution in [0, 0.1) is 0 Å². The van der Waals surface area contributed by atoms with Crippen molar-refractivity contribution < 1.29 is 39.0 Å². The number of aromatic nitrogens is 1. The maximum absolute atomic E-state index is 13.2. The number of fused-ring (bicyclic) bond motifs is 1. The summed E-state index contributed by atoms with van der Waals surface area (Å²) in [5.74, 6) is -6.51. The van der Waals surface area contributed by atoms with Crippen molar-refractivity contribution in [1.82, 2.24) is 20.9 Å². The molecule has 4 atom stereocenters. The number of carboxylic acids is 2. The molecule has 0 aliphatic rings. The Bertz CT molecular complexity index is 1360. The second-order valence-electron chi connectivity index (χ2n) is 9.74. The molecule has 4 amide bonds. The molecule has 2 rings (SSSR count). The molecule has 0 aliphatic heterocycles. The lowest BCUT2D eigenvalue weighted by Gasteiger charge is -2.24. The van der Waals surface area contributed by atoms with Crippen molar-refractivity contribution in [3.63, 3.8) is 0 Å². The number of hydrogen-bond acceptors (Lipinski definition) is 8. The Morgan fingerprint density at radius 1 is 0.860 bits per heavy atom. The van der Waals surface area contributed by atoms with E-state index in [0.29, 0.717) is 5.56 Å². The molecule has 0 saturated carbocycles. The lowest BCUT2D eigenvalue weighted by molar-refractivity contribution is -0.143. The Balaban J connectivity index is 2.19. The van der Waals surface area contributed by atoms with Crippen LogP contribution in [0.5, 0.6) is 0 Å². The number of nitrogens with two attached hydrogens (primary N) is 4. The monoisotopic (exact) mass is 603 g/mol. The van der Waals surface area contributed by atoms with Crippen LogP contribution in [-0.2, 0) is 35.2 Å². The zero-order valence-corrected chi connectivity index (χ0v) is 23.2. The van der Waals surface area contributed by atoms with E-state index in [-0.39, 0.29) is 44.6 Å². The molecular formula is C26H37N9O8. The van der Waals surface area contributed by atoms with Crippen LogP contribution < -0.4 is 38.9 Å². The Morgan fingerprint density at radius 2 is 1.49 bits per heavy atom. The van der Waals surface area contributed by atoms with Crippen LogP contribution in [0.15, 0.2) is 35.5 Å². The Labute approximate surface area is 245 Å². The Kier molecular flexibility index (Phi) is 12.9. The maximum Gasteiger partial charge on any atom is 0.326 e. The molecule has 0 spiro atoms. The van der Waals surface area contributed by atoms with E-state index < -0.39 is 66.2 Å². The van der Waals surface area contributed by atoms with Crippen LogP contribution in [-0.4, -0.2) is 87.4 Å². The number of aliphatic imine (C=N–C) groups is 1. The molecule has 0 fully saturated rings. The number of guanidine groups is 1. The van der Waals surface area contributed by atoms with E-state index in [1.165, 1.54) is 0 Å². The number of rotatable bonds is 18. The van der Waals surface area contributed by atoms with Gasteiger partial charge in [0, 0.05) is 36.5 Å². The summed E-state index contributed by atoms with van der Waals surface area (Å²) in [6, 6.07) is 1.47. The second-order valence-corrected chi connectivity index (χ2v) is 9.74. The predicted octanol–water partition coefficient (Wildman–Crippen LogP) is -2.63. The largest absolute Gasteiger partial charge is 0.481 e. The molecule has 1 aromatic heterocycles. The number of aliphatic carboxylic acids is 2. The second kappa shape index (κ2) is 16.3. The first kappa shape index (κ1) is 34.0. The van der Waals surface area contributed by atoms with Crippen molar-refractivity contribution in [3.8, 4) is 0 Å². The van der Waals surface area contributed by atoms with Crippen molar-refractivity contribution in [2.45, 2.75) is 62.7 Å². The summed E-state index contributed by atoms with van der Waals surface area (Å²) in [6.07, 6.45) is 0.452. The third kappa shape index (κ3) is 11.3. The maximum atomic E-state index is 13.2. The van der Waals surface area contributed by atoms with Gasteiger partial charge >= 0.3 is 11.9 Å². The number of amides is 4. The van der Waals surface area contributed by atoms with Gasteiger partial charge in [-0.05, 0) is 30.9 Å². The summed E-state index contributed by atoms with van der Waals surface area (Å²) in [7, 11) is 0. The topological polar surface area (TPSA) is 311 Å². The van der Waals surface area contributed by atoms with Crippen molar-refractivity contribution in [1.29, 1.82) is 0 Å². The molecule has 1 aromatic carbocycles. The van der Waals surface area contributed by atoms with Crippen LogP contribution in [0.2, 0.25) is 0 Å². The van der Waals surface area contributed by atoms with Gasteiger partial charge in [0.05, 0.1) is 12.5 Å². The van der Waals surface area contributed by atoms with Crippen molar-refractivity contribution in [3.05, 3.63) is 36.0 Å². The minimum absolute atomic E-state index is 0.0450. The first-order valence-corrected chi connectivity index (χ1v) is 13.3. The fourth-order valence-corrected chi connectivity index (χ4v) is 4.13. The Hall–Kier alpha value is -5.19. The van der Waals surface area contributed by atoms with Gasteiger partial charge in [0.1, 0.15) is 18.1 Å². The fraction of sp³-hybridized carbons (Fsp3) is 0.423. The standard InChI is InChI=1S/C26H37N9O8/c27-15(7-8-20(28)36)22(39)33-17(6-3-9-31-26(29)30)23(40)34-18(11-21(37)38)24(41)35-19(25(42)43)10-13-12-32-16-5-2-1-4-14(13)16/h1-2,4-5,12,15,17-19,32H,3,6-11,27H2,(H2,28,36)(H,33,39)(H,34,40)(H,35,41)(H,37,38)(H,42,43)(H4,29,30,31). The smallest absolute Gasteiger partial charge is 0.326 e. The van der Waals surface area contributed by atoms with Crippen LogP contribution >= 0.6 is 0 Å². The number of para-hydroxylation sites is 1. The zero-order valence-electron chi connectivity index (χ0n) is 23.2. The van der Waals surface area contributed by atoms with Crippen LogP contribution in [0.4, 0.5) is 0 Å². The summed E-state index contributed by atoms with van der Waals surface area (Å²) < 4.78 is 0. The minimum Gasteiger partial charge on any atom is -0.481 e. The molecular weight excluding hydrogens is 566 g/mol. The number of carboxylic acid groups (broad SMARTS) is 2. The van der Waals surface area contributed by atoms with Gasteiger partial charge in [0.2, 0.25) is 23.6 Å². The molecule has 4 unspecified atom stereocenters. The third-order valence-electron chi connectivity index (χ3n) is 6.34. The van der Waals surface area contributed by atoms with E-state index in [1.54, 1.807) is 30.5 Å². The summed E-state index contributed by atoms with van der Waals surface area (Å²) in [5, 5.41) is 26.9. The van der Waals surface area contributed by atoms with Gasteiger partial charge in [0.25, 0.3) is 0 Å². The van der Waals surface area contributed by atoms with E-state index >= 15 is 0 Å². The molecule has 2 aromatic rings. The molecule has 1 heterocycles. The molecule has 43 heavy (non-hydrogen) atoms. The summed E-state index contributed by atoms with van der Waals surface area (Å²) >= 11 is 0. The SMILES string of the molecule is NC(=O)CCC(N)C(=O)NC(CCCN=C(N)N)C(=O)NC(CC(=O)O)C(=O)NC(Cc1c[nH]c2ccccc12)C(=O)O. The average Bonchev–Trinajstić information content (AvgIpc) is 3.34. The van der Waals surface area contributed by atoms with E-state index in [4.69, 9.17) is 22.9 Å². The van der Waals surface area contributed by atoms with E-state index in [2.05, 4.69) is 25.9 Å². The zero-order chi connectivity index (χ0) is 32.1. The number of hydrogen-bond donors (Lipinski definition) is 10. The molecule has 17 nitrogen and oxygen atoms in total. The molecule has 14 N–H and O–H groups in total. The van der Waals surface area contributed by atoms with Crippen LogP contribution in [0.25, 0.3) is 10.9 Å². The molecule has 0 radical (unpaired) electrons. The highest BCUT2D eigenvalue weighted by Crippen LogP contribution is 2.19. The van der Waals surface area contributed by atoms with E-state index in [9.17, 15) is 39.0 Å². The number of carbonyl (C=O) groups excluding carboxylic acids is 4. The predicted molar refractivity (Wildman–Crippen MR) is 154 cm³/mol. The average molecular weight is 604 g/mol. The number of primary amides is 1. The minimum atomic E-state index is -1.70. The lowest BCUT2D eigenvalue weighted by atomic mass is 10.0. The first-order chi connectivity index (χ1) is 20.3. The van der Waals surface area contributed by atoms with Crippen LogP contribution in [0.3, 0.4) is 0 Å². The normalized spacial score (nSPS) is 13.6. The van der Waals surface area contributed by atoms with Gasteiger partial charge in [-0.25, -0.2) is 4.79 Å². The van der Waals surface area contributed by atoms with Gasteiger partial charge < -0.3 is 54.1 Å². The fourth-order valence-electron chi connectivity index (χ4n) is 4.13. The van der Waals surface area contributed by atoms with E-state index in [0.717, 1.165) is 10.9 Å². The third-order valence-corrected chi connectivity index (χ3v) is 6.34. The van der Waals surface area contributed by atoms with Gasteiger partial charge in [-0.3, -0.25) is 29.0 Å². The lowest BCUT2D eigenvalue weighted by Crippen LogP contribution is -2.57. The number of nitrogens with zero attached hydrogens (tertiary/aromatic N) is 1. The molecule has 0 bridgehead atoms. The molecule has 234 valence electrons. The summed E-state index contributed by atoms with van der Waals surface area (Å²) in [4.78, 5) is 80.3. The molecule has 0 aliphatic carbocycles. The van der Waals surface area contributed by atoms with Crippen LogP contribution in [0.1, 0.15) is 37.7 Å². The van der Waals surface area contributed by atoms with Gasteiger partial charge in [0.15, 0.2) is 5.96 Å². The Morgan fingerprint density at radius 3 is 2.12 bits per heavy atom. The summed E-state index contributed by atoms with van der Waals surface area (Å²) in [5.41, 5.74) is 22.8. The van der Waals surface area contributed by atoms with Gasteiger partial charge in [-0.15, -0.1) is 0 Å². The molecule has 17 heteroatoms. The van der Waals surface area contributed by atoms with E-state index in [1.807, 2.05) is 0 Å². The first-order valence-electron chi connectivity index (χ1n) is 13.3. The number of H-pyrrole nitrogens is 1. The quantitative estimate of drug-likeness (QED) is 0.0477. The van der Waals surface area contributed by atoms with Gasteiger partial charge in [-0.2, -0.15) is 0 Å². The number of benzene rings is 1. The van der Waals surface area contributed by atoms with Gasteiger partial charge in [-0.1, -0.05) is 18.2 Å². The number of nitrogens with one attached hydrogen (secondary N) is 4. The highest BCUT2D eigenvalue weighted by molar-refractivity contribution is 5.96. The molecule has 0 saturated heterocycles. The van der Waals surface area contributed by atoms with Crippen molar-refractivity contribution in [2.75, 3.05) is 6.54 Å². The number of aromatic amines is 1. The summed E-state index contributed by atoms with van der Waals surface area (Å²) in [6.45, 7) is 0.0862. The highest BCUT2D eigenvalue weighted by Gasteiger charge is 2.32.